The van der Waals surface area contributed by atoms with Gasteiger partial charge in [-0.15, -0.1) is 0 Å². The van der Waals surface area contributed by atoms with Crippen LogP contribution in [0.15, 0.2) is 57.9 Å². The molecule has 204 valence electrons. The Hall–Kier alpha value is -3.83. The molecule has 1 aliphatic rings. The van der Waals surface area contributed by atoms with Crippen LogP contribution in [0.5, 0.6) is 5.75 Å². The fourth-order valence-corrected chi connectivity index (χ4v) is 5.40. The molecule has 0 radical (unpaired) electrons. The van der Waals surface area contributed by atoms with Crippen LogP contribution < -0.4 is 15.1 Å². The number of oxazole rings is 1. The minimum atomic E-state index is -3.73. The fourth-order valence-electron chi connectivity index (χ4n) is 4.95. The van der Waals surface area contributed by atoms with Gasteiger partial charge in [-0.3, -0.25) is 9.36 Å². The van der Waals surface area contributed by atoms with Crippen LogP contribution in [0, 0.1) is 25.5 Å². The number of pyridine rings is 1. The lowest BCUT2D eigenvalue weighted by molar-refractivity contribution is 0.378. The number of nitrogens with zero attached hydrogens (tertiary/aromatic N) is 2. The highest BCUT2D eigenvalue weighted by Crippen LogP contribution is 2.38. The molecule has 3 heterocycles. The van der Waals surface area contributed by atoms with Crippen molar-refractivity contribution in [1.82, 2.24) is 14.9 Å². The van der Waals surface area contributed by atoms with Crippen LogP contribution in [-0.2, 0) is 10.1 Å². The zero-order valence-corrected chi connectivity index (χ0v) is 22.4. The van der Waals surface area contributed by atoms with Gasteiger partial charge in [0.1, 0.15) is 23.1 Å². The number of benzene rings is 2. The lowest BCUT2D eigenvalue weighted by Gasteiger charge is -2.19. The molecule has 39 heavy (non-hydrogen) atoms. The molecule has 1 aliphatic heterocycles. The number of rotatable bonds is 6. The van der Waals surface area contributed by atoms with E-state index in [0.29, 0.717) is 34.0 Å². The summed E-state index contributed by atoms with van der Waals surface area (Å²) in [5.41, 5.74) is 2.30. The second-order valence-corrected chi connectivity index (χ2v) is 11.3. The average molecular weight is 556 g/mol. The molecular formula is C28H27F2N3O5S. The van der Waals surface area contributed by atoms with Crippen molar-refractivity contribution in [2.24, 2.45) is 0 Å². The maximum Gasteiger partial charge on any atom is 0.306 e. The van der Waals surface area contributed by atoms with Crippen molar-refractivity contribution >= 4 is 10.1 Å². The minimum Gasteiger partial charge on any atom is -0.440 e. The first-order valence-corrected chi connectivity index (χ1v) is 14.2. The van der Waals surface area contributed by atoms with Gasteiger partial charge in [0.25, 0.3) is 5.56 Å². The van der Waals surface area contributed by atoms with Crippen LogP contribution >= 0.6 is 0 Å². The van der Waals surface area contributed by atoms with E-state index in [1.165, 1.54) is 28.8 Å². The summed E-state index contributed by atoms with van der Waals surface area (Å²) in [5.74, 6) is -0.726. The standard InChI is InChI=1S/C28H27F2N3O5S/c1-16-12-21(38-39(3,35)36)13-17(2)26(16)33-15-19(4-7-24(33)34)25-27(22-6-5-20(29)14-23(22)30)37-28(32-25)18-8-10-31-11-9-18/h4-7,12-15,18,31H,8-11H2,1-3H3. The molecule has 0 bridgehead atoms. The zero-order valence-electron chi connectivity index (χ0n) is 21.6. The molecule has 4 aromatic rings. The molecule has 2 aromatic carbocycles. The van der Waals surface area contributed by atoms with Gasteiger partial charge in [-0.05, 0) is 81.2 Å². The molecule has 8 nitrogen and oxygen atoms in total. The molecule has 0 unspecified atom stereocenters. The Kier molecular flexibility index (Phi) is 7.13. The van der Waals surface area contributed by atoms with Crippen LogP contribution in [0.4, 0.5) is 8.78 Å². The average Bonchev–Trinajstić information content (AvgIpc) is 3.29. The fraction of sp³-hybridized carbons (Fsp3) is 0.286. The second-order valence-electron chi connectivity index (χ2n) is 9.70. The van der Waals surface area contributed by atoms with Gasteiger partial charge in [0.05, 0.1) is 17.5 Å². The first kappa shape index (κ1) is 26.8. The number of hydrogen-bond donors (Lipinski definition) is 1. The summed E-state index contributed by atoms with van der Waals surface area (Å²) in [6.45, 7) is 5.07. The van der Waals surface area contributed by atoms with Crippen molar-refractivity contribution in [3.8, 4) is 34.0 Å². The van der Waals surface area contributed by atoms with Gasteiger partial charge in [-0.25, -0.2) is 13.8 Å². The third-order valence-corrected chi connectivity index (χ3v) is 7.14. The van der Waals surface area contributed by atoms with Gasteiger partial charge in [-0.2, -0.15) is 8.42 Å². The summed E-state index contributed by atoms with van der Waals surface area (Å²) in [6, 6.07) is 9.28. The van der Waals surface area contributed by atoms with E-state index in [9.17, 15) is 22.0 Å². The third-order valence-electron chi connectivity index (χ3n) is 6.65. The first-order chi connectivity index (χ1) is 18.5. The van der Waals surface area contributed by atoms with Crippen molar-refractivity contribution in [3.05, 3.63) is 87.7 Å². The number of aryl methyl sites for hydroxylation is 2. The summed E-state index contributed by atoms with van der Waals surface area (Å²) < 4.78 is 64.4. The molecular weight excluding hydrogens is 528 g/mol. The summed E-state index contributed by atoms with van der Waals surface area (Å²) >= 11 is 0. The molecule has 0 amide bonds. The maximum atomic E-state index is 14.9. The highest BCUT2D eigenvalue weighted by molar-refractivity contribution is 7.86. The van der Waals surface area contributed by atoms with Crippen LogP contribution in [0.25, 0.3) is 28.3 Å². The van der Waals surface area contributed by atoms with Gasteiger partial charge < -0.3 is 13.9 Å². The molecule has 0 aliphatic carbocycles. The lowest BCUT2D eigenvalue weighted by atomic mass is 9.98. The number of nitrogens with one attached hydrogen (secondary N) is 1. The number of hydrogen-bond acceptors (Lipinski definition) is 7. The highest BCUT2D eigenvalue weighted by atomic mass is 32.2. The number of piperidine rings is 1. The van der Waals surface area contributed by atoms with Crippen molar-refractivity contribution in [2.45, 2.75) is 32.6 Å². The molecule has 5 rings (SSSR count). The molecule has 1 N–H and O–H groups in total. The number of aromatic nitrogens is 2. The third kappa shape index (κ3) is 5.64. The Morgan fingerprint density at radius 3 is 2.38 bits per heavy atom. The van der Waals surface area contributed by atoms with Crippen molar-refractivity contribution in [2.75, 3.05) is 19.3 Å². The maximum absolute atomic E-state index is 14.9. The van der Waals surface area contributed by atoms with Crippen molar-refractivity contribution in [1.29, 1.82) is 0 Å². The predicted molar refractivity (Wildman–Crippen MR) is 143 cm³/mol. The van der Waals surface area contributed by atoms with E-state index in [-0.39, 0.29) is 28.6 Å². The van der Waals surface area contributed by atoms with E-state index in [2.05, 4.69) is 5.32 Å². The Balaban J connectivity index is 1.66. The highest BCUT2D eigenvalue weighted by Gasteiger charge is 2.26. The van der Waals surface area contributed by atoms with Crippen LogP contribution in [0.1, 0.15) is 35.8 Å². The summed E-state index contributed by atoms with van der Waals surface area (Å²) in [7, 11) is -3.73. The largest absolute Gasteiger partial charge is 0.440 e. The Labute approximate surface area is 224 Å². The van der Waals surface area contributed by atoms with E-state index in [1.807, 2.05) is 0 Å². The monoisotopic (exact) mass is 555 g/mol. The molecule has 1 fully saturated rings. The first-order valence-electron chi connectivity index (χ1n) is 12.4. The van der Waals surface area contributed by atoms with Gasteiger partial charge in [0.2, 0.25) is 0 Å². The Morgan fingerprint density at radius 2 is 1.74 bits per heavy atom. The molecule has 0 atom stereocenters. The van der Waals surface area contributed by atoms with E-state index in [0.717, 1.165) is 44.3 Å². The zero-order chi connectivity index (χ0) is 27.9. The molecule has 0 saturated carbocycles. The smallest absolute Gasteiger partial charge is 0.306 e. The van der Waals surface area contributed by atoms with Crippen LogP contribution in [0.3, 0.4) is 0 Å². The van der Waals surface area contributed by atoms with Crippen LogP contribution in [-0.4, -0.2) is 37.3 Å². The molecule has 11 heteroatoms. The topological polar surface area (TPSA) is 103 Å². The van der Waals surface area contributed by atoms with E-state index >= 15 is 0 Å². The molecule has 0 spiro atoms. The minimum absolute atomic E-state index is 0.0278. The Morgan fingerprint density at radius 1 is 1.05 bits per heavy atom. The second kappa shape index (κ2) is 10.4. The lowest BCUT2D eigenvalue weighted by Crippen LogP contribution is -2.26. The van der Waals surface area contributed by atoms with Gasteiger partial charge in [0.15, 0.2) is 11.7 Å². The molecule has 2 aromatic heterocycles. The van der Waals surface area contributed by atoms with E-state index in [1.54, 1.807) is 26.1 Å². The van der Waals surface area contributed by atoms with Crippen LogP contribution in [0.2, 0.25) is 0 Å². The summed E-state index contributed by atoms with van der Waals surface area (Å²) in [6.07, 6.45) is 4.14. The quantitative estimate of drug-likeness (QED) is 0.339. The SMILES string of the molecule is Cc1cc(OS(C)(=O)=O)cc(C)c1-n1cc(-c2nc(C3CCNCC3)oc2-c2ccc(F)cc2F)ccc1=O. The summed E-state index contributed by atoms with van der Waals surface area (Å²) in [4.78, 5) is 17.8. The van der Waals surface area contributed by atoms with Crippen molar-refractivity contribution < 1.29 is 25.8 Å². The predicted octanol–water partition coefficient (Wildman–Crippen LogP) is 4.86. The molecule has 1 saturated heterocycles. The van der Waals surface area contributed by atoms with E-state index < -0.39 is 21.8 Å². The Bertz CT molecular complexity index is 1700. The van der Waals surface area contributed by atoms with E-state index in [4.69, 9.17) is 13.6 Å². The number of halogens is 2. The summed E-state index contributed by atoms with van der Waals surface area (Å²) in [5, 5.41) is 3.29. The van der Waals surface area contributed by atoms with Gasteiger partial charge >= 0.3 is 10.1 Å². The normalized spacial score (nSPS) is 14.5. The van der Waals surface area contributed by atoms with Gasteiger partial charge in [0, 0.05) is 29.8 Å². The van der Waals surface area contributed by atoms with Crippen molar-refractivity contribution in [3.63, 3.8) is 0 Å². The van der Waals surface area contributed by atoms with Gasteiger partial charge in [-0.1, -0.05) is 0 Å².